The second-order valence-electron chi connectivity index (χ2n) is 11.0. The Bertz CT molecular complexity index is 1230. The average molecular weight is 513 g/mol. The molecule has 6 nitrogen and oxygen atoms in total. The van der Waals surface area contributed by atoms with E-state index in [1.807, 2.05) is 43.1 Å². The van der Waals surface area contributed by atoms with E-state index >= 15 is 0 Å². The van der Waals surface area contributed by atoms with Crippen LogP contribution in [0.5, 0.6) is 5.75 Å². The van der Waals surface area contributed by atoms with Gasteiger partial charge in [0.25, 0.3) is 5.91 Å². The van der Waals surface area contributed by atoms with Crippen LogP contribution in [-0.4, -0.2) is 70.5 Å². The second kappa shape index (κ2) is 11.3. The lowest BCUT2D eigenvalue weighted by Gasteiger charge is -2.40. The summed E-state index contributed by atoms with van der Waals surface area (Å²) < 4.78 is 6.54. The van der Waals surface area contributed by atoms with Gasteiger partial charge >= 0.3 is 0 Å². The van der Waals surface area contributed by atoms with E-state index in [0.717, 1.165) is 56.2 Å². The fourth-order valence-electron chi connectivity index (χ4n) is 5.84. The van der Waals surface area contributed by atoms with Crippen molar-refractivity contribution in [2.24, 2.45) is 0 Å². The third-order valence-electron chi connectivity index (χ3n) is 7.82. The van der Waals surface area contributed by atoms with Crippen molar-refractivity contribution in [2.75, 3.05) is 39.3 Å². The van der Waals surface area contributed by atoms with Crippen LogP contribution in [0.3, 0.4) is 0 Å². The van der Waals surface area contributed by atoms with E-state index < -0.39 is 0 Å². The monoisotopic (exact) mass is 512 g/mol. The molecule has 2 aromatic carbocycles. The number of rotatable bonds is 8. The summed E-state index contributed by atoms with van der Waals surface area (Å²) in [7, 11) is 0. The molecule has 1 aromatic heterocycles. The summed E-state index contributed by atoms with van der Waals surface area (Å²) in [5.41, 5.74) is 5.34. The van der Waals surface area contributed by atoms with E-state index in [9.17, 15) is 4.79 Å². The molecule has 2 aliphatic rings. The lowest BCUT2D eigenvalue weighted by atomic mass is 9.92. The number of amides is 1. The first-order valence-electron chi connectivity index (χ1n) is 13.9. The number of nitrogens with zero attached hydrogens (tertiary/aromatic N) is 4. The Kier molecular flexibility index (Phi) is 7.82. The lowest BCUT2D eigenvalue weighted by molar-refractivity contribution is 0.0772. The van der Waals surface area contributed by atoms with E-state index in [1.54, 1.807) is 0 Å². The molecule has 0 radical (unpaired) electrons. The molecule has 1 saturated heterocycles. The van der Waals surface area contributed by atoms with Crippen molar-refractivity contribution in [3.8, 4) is 5.75 Å². The summed E-state index contributed by atoms with van der Waals surface area (Å²) in [5.74, 6) is 1.12. The summed E-state index contributed by atoms with van der Waals surface area (Å²) >= 11 is 0. The van der Waals surface area contributed by atoms with Crippen LogP contribution >= 0.6 is 0 Å². The molecule has 1 amide bonds. The van der Waals surface area contributed by atoms with E-state index in [1.165, 1.54) is 16.7 Å². The van der Waals surface area contributed by atoms with Gasteiger partial charge in [-0.2, -0.15) is 0 Å². The molecule has 5 rings (SSSR count). The predicted molar refractivity (Wildman–Crippen MR) is 151 cm³/mol. The fraction of sp³-hybridized carbons (Fsp3) is 0.438. The highest BCUT2D eigenvalue weighted by Gasteiger charge is 2.36. The Morgan fingerprint density at radius 3 is 2.37 bits per heavy atom. The van der Waals surface area contributed by atoms with Gasteiger partial charge in [0, 0.05) is 69.6 Å². The normalized spacial score (nSPS) is 18.0. The van der Waals surface area contributed by atoms with Crippen LogP contribution in [0.1, 0.15) is 66.5 Å². The van der Waals surface area contributed by atoms with Gasteiger partial charge in [-0.25, -0.2) is 0 Å². The van der Waals surface area contributed by atoms with Crippen LogP contribution in [0, 0.1) is 0 Å². The smallest absolute Gasteiger partial charge is 0.253 e. The van der Waals surface area contributed by atoms with Gasteiger partial charge in [-0.1, -0.05) is 36.4 Å². The summed E-state index contributed by atoms with van der Waals surface area (Å²) in [6.45, 7) is 14.5. The Labute approximate surface area is 227 Å². The minimum Gasteiger partial charge on any atom is -0.487 e. The van der Waals surface area contributed by atoms with Crippen LogP contribution < -0.4 is 4.74 Å². The summed E-state index contributed by atoms with van der Waals surface area (Å²) in [4.78, 5) is 24.4. The Morgan fingerprint density at radius 2 is 1.71 bits per heavy atom. The third kappa shape index (κ3) is 5.62. The van der Waals surface area contributed by atoms with Crippen LogP contribution in [-0.2, 0) is 13.0 Å². The van der Waals surface area contributed by atoms with E-state index in [-0.39, 0.29) is 17.6 Å². The molecule has 1 atom stereocenters. The SMILES string of the molecule is CCN(CC)C(=O)c1ccc(C(c2cccc3c2OC(C)(C)C3)N2CCN(Cc3ccccn3)CC2)cc1. The van der Waals surface area contributed by atoms with Crippen molar-refractivity contribution in [1.29, 1.82) is 0 Å². The van der Waals surface area contributed by atoms with Crippen molar-refractivity contribution in [1.82, 2.24) is 19.7 Å². The van der Waals surface area contributed by atoms with Gasteiger partial charge in [0.05, 0.1) is 11.7 Å². The van der Waals surface area contributed by atoms with Gasteiger partial charge in [-0.05, 0) is 63.1 Å². The molecule has 0 bridgehead atoms. The Hall–Kier alpha value is -3.22. The average Bonchev–Trinajstić information content (AvgIpc) is 3.26. The summed E-state index contributed by atoms with van der Waals surface area (Å²) in [5, 5.41) is 0. The van der Waals surface area contributed by atoms with Crippen molar-refractivity contribution in [2.45, 2.75) is 52.3 Å². The first kappa shape index (κ1) is 26.4. The standard InChI is InChI=1S/C32H40N4O2/c1-5-35(6-2)31(37)25-15-13-24(14-16-25)29(28-12-9-10-26-22-32(3,4)38-30(26)28)36-20-18-34(19-21-36)23-27-11-7-8-17-33-27/h7-17,29H,5-6,18-23H2,1-4H3. The number of benzene rings is 2. The number of carbonyl (C=O) groups is 1. The zero-order valence-electron chi connectivity index (χ0n) is 23.2. The van der Waals surface area contributed by atoms with Crippen molar-refractivity contribution in [3.05, 3.63) is 94.8 Å². The topological polar surface area (TPSA) is 48.9 Å². The zero-order valence-corrected chi connectivity index (χ0v) is 23.2. The molecule has 2 aliphatic heterocycles. The van der Waals surface area contributed by atoms with Gasteiger partial charge in [0.15, 0.2) is 0 Å². The molecule has 200 valence electrons. The van der Waals surface area contributed by atoms with E-state index in [2.05, 4.69) is 71.1 Å². The van der Waals surface area contributed by atoms with Crippen molar-refractivity contribution in [3.63, 3.8) is 0 Å². The van der Waals surface area contributed by atoms with Crippen LogP contribution in [0.25, 0.3) is 0 Å². The largest absolute Gasteiger partial charge is 0.487 e. The van der Waals surface area contributed by atoms with Crippen LogP contribution in [0.15, 0.2) is 66.9 Å². The molecular weight excluding hydrogens is 472 g/mol. The highest BCUT2D eigenvalue weighted by molar-refractivity contribution is 5.94. The number of pyridine rings is 1. The highest BCUT2D eigenvalue weighted by Crippen LogP contribution is 2.43. The molecule has 1 unspecified atom stereocenters. The Morgan fingerprint density at radius 1 is 0.974 bits per heavy atom. The minimum atomic E-state index is -0.204. The maximum Gasteiger partial charge on any atom is 0.253 e. The van der Waals surface area contributed by atoms with Gasteiger partial charge in [-0.3, -0.25) is 19.6 Å². The van der Waals surface area contributed by atoms with Crippen molar-refractivity contribution >= 4 is 5.91 Å². The van der Waals surface area contributed by atoms with Crippen molar-refractivity contribution < 1.29 is 9.53 Å². The molecule has 1 fully saturated rings. The number of piperazine rings is 1. The number of para-hydroxylation sites is 1. The molecule has 6 heteroatoms. The molecule has 3 aromatic rings. The van der Waals surface area contributed by atoms with Crippen LogP contribution in [0.2, 0.25) is 0 Å². The number of fused-ring (bicyclic) bond motifs is 1. The number of aromatic nitrogens is 1. The van der Waals surface area contributed by atoms with Gasteiger partial charge in [0.2, 0.25) is 0 Å². The first-order valence-corrected chi connectivity index (χ1v) is 13.9. The minimum absolute atomic E-state index is 0.0634. The third-order valence-corrected chi connectivity index (χ3v) is 7.82. The first-order chi connectivity index (χ1) is 18.4. The molecular formula is C32H40N4O2. The maximum absolute atomic E-state index is 13.0. The quantitative estimate of drug-likeness (QED) is 0.416. The number of hydrogen-bond acceptors (Lipinski definition) is 5. The van der Waals surface area contributed by atoms with E-state index in [0.29, 0.717) is 13.1 Å². The van der Waals surface area contributed by atoms with Crippen LogP contribution in [0.4, 0.5) is 0 Å². The van der Waals surface area contributed by atoms with Gasteiger partial charge < -0.3 is 9.64 Å². The van der Waals surface area contributed by atoms with Gasteiger partial charge in [-0.15, -0.1) is 0 Å². The predicted octanol–water partition coefficient (Wildman–Crippen LogP) is 5.18. The zero-order chi connectivity index (χ0) is 26.7. The highest BCUT2D eigenvalue weighted by atomic mass is 16.5. The van der Waals surface area contributed by atoms with E-state index in [4.69, 9.17) is 4.74 Å². The number of ether oxygens (including phenoxy) is 1. The molecule has 0 spiro atoms. The molecule has 0 aliphatic carbocycles. The molecule has 38 heavy (non-hydrogen) atoms. The maximum atomic E-state index is 13.0. The molecule has 3 heterocycles. The fourth-order valence-corrected chi connectivity index (χ4v) is 5.84. The summed E-state index contributed by atoms with van der Waals surface area (Å²) in [6.07, 6.45) is 2.78. The van der Waals surface area contributed by atoms with Gasteiger partial charge in [0.1, 0.15) is 11.4 Å². The Balaban J connectivity index is 1.43. The number of hydrogen-bond donors (Lipinski definition) is 0. The number of carbonyl (C=O) groups excluding carboxylic acids is 1. The molecule has 0 saturated carbocycles. The lowest BCUT2D eigenvalue weighted by Crippen LogP contribution is -2.47. The second-order valence-corrected chi connectivity index (χ2v) is 11.0. The summed E-state index contributed by atoms with van der Waals surface area (Å²) in [6, 6.07) is 21.0. The molecule has 0 N–H and O–H groups in total.